The van der Waals surface area contributed by atoms with Gasteiger partial charge in [0.25, 0.3) is 5.56 Å². The van der Waals surface area contributed by atoms with Crippen molar-refractivity contribution in [3.8, 4) is 17.6 Å². The molecule has 4 atom stereocenters. The van der Waals surface area contributed by atoms with Crippen LogP contribution >= 0.6 is 17.9 Å². The van der Waals surface area contributed by atoms with E-state index in [0.29, 0.717) is 17.1 Å². The number of hydrogen-bond acceptors (Lipinski definition) is 10. The van der Waals surface area contributed by atoms with Gasteiger partial charge in [0.2, 0.25) is 5.69 Å². The SMILES string of the molecule is COc1ccc(C(OC[C@H]2O[C@@H](n3cc(C)c(=O)[nH]c3=O)C[C@@H]2OP(=S)(S)OCCC#N)(c2ccccc2)c2ccc(OC)cc2)cc1. The Morgan fingerprint density at radius 3 is 2.15 bits per heavy atom. The third-order valence-corrected chi connectivity index (χ3v) is 10.3. The molecule has 2 heterocycles. The lowest BCUT2D eigenvalue weighted by Crippen LogP contribution is -2.38. The van der Waals surface area contributed by atoms with Crippen molar-refractivity contribution < 1.29 is 28.0 Å². The average Bonchev–Trinajstić information content (AvgIpc) is 3.48. The van der Waals surface area contributed by atoms with Crippen LogP contribution in [0.1, 0.15) is 41.3 Å². The minimum absolute atomic E-state index is 0.0213. The Labute approximate surface area is 288 Å². The number of nitrogens with one attached hydrogen (secondary N) is 1. The summed E-state index contributed by atoms with van der Waals surface area (Å²) in [7, 11) is 3.21. The normalized spacial score (nSPS) is 18.9. The molecule has 3 aromatic carbocycles. The van der Waals surface area contributed by atoms with Gasteiger partial charge in [-0.15, -0.1) is 0 Å². The summed E-state index contributed by atoms with van der Waals surface area (Å²) in [5.74, 6) is 1.37. The second-order valence-corrected chi connectivity index (χ2v) is 16.3. The highest BCUT2D eigenvalue weighted by atomic mass is 32.9. The van der Waals surface area contributed by atoms with E-state index < -0.39 is 41.0 Å². The summed E-state index contributed by atoms with van der Waals surface area (Å²) in [6, 6.07) is 27.1. The lowest BCUT2D eigenvalue weighted by atomic mass is 9.80. The van der Waals surface area contributed by atoms with Crippen molar-refractivity contribution in [1.82, 2.24) is 9.55 Å². The van der Waals surface area contributed by atoms with E-state index in [-0.39, 0.29) is 26.1 Å². The zero-order valence-corrected chi connectivity index (χ0v) is 29.2. The van der Waals surface area contributed by atoms with Gasteiger partial charge >= 0.3 is 5.69 Å². The molecule has 0 amide bonds. The highest BCUT2D eigenvalue weighted by molar-refractivity contribution is 8.60. The maximum absolute atomic E-state index is 12.9. The number of aromatic amines is 1. The van der Waals surface area contributed by atoms with Gasteiger partial charge in [0.05, 0.1) is 46.0 Å². The summed E-state index contributed by atoms with van der Waals surface area (Å²) in [4.78, 5) is 27.3. The second-order valence-electron chi connectivity index (χ2n) is 11.0. The first-order chi connectivity index (χ1) is 23.1. The number of H-pyrrole nitrogens is 1. The maximum Gasteiger partial charge on any atom is 0.330 e. The number of nitriles is 1. The summed E-state index contributed by atoms with van der Waals surface area (Å²) in [5, 5.41) is 8.98. The Kier molecular flexibility index (Phi) is 11.6. The highest BCUT2D eigenvalue weighted by Crippen LogP contribution is 2.56. The first-order valence-corrected chi connectivity index (χ1v) is 18.9. The molecule has 48 heavy (non-hydrogen) atoms. The van der Waals surface area contributed by atoms with Crippen molar-refractivity contribution >= 4 is 29.7 Å². The molecule has 1 aliphatic rings. The Bertz CT molecular complexity index is 1850. The van der Waals surface area contributed by atoms with Crippen LogP contribution in [0.5, 0.6) is 11.5 Å². The van der Waals surface area contributed by atoms with Crippen molar-refractivity contribution in [1.29, 1.82) is 5.26 Å². The number of thiol groups is 1. The summed E-state index contributed by atoms with van der Waals surface area (Å²) in [5.41, 5.74) is -2.57. The van der Waals surface area contributed by atoms with Crippen LogP contribution in [0.25, 0.3) is 0 Å². The Hall–Kier alpha value is -3.73. The van der Waals surface area contributed by atoms with Crippen molar-refractivity contribution in [2.45, 2.75) is 43.8 Å². The number of aromatic nitrogens is 2. The summed E-state index contributed by atoms with van der Waals surface area (Å²) in [6.45, 7) is 1.64. The van der Waals surface area contributed by atoms with Crippen LogP contribution in [-0.2, 0) is 35.9 Å². The number of hydrogen-bond donors (Lipinski definition) is 2. The molecular weight excluding hydrogens is 673 g/mol. The van der Waals surface area contributed by atoms with Gasteiger partial charge in [-0.3, -0.25) is 14.3 Å². The van der Waals surface area contributed by atoms with Gasteiger partial charge in [0, 0.05) is 18.2 Å². The van der Waals surface area contributed by atoms with Crippen LogP contribution < -0.4 is 20.7 Å². The molecule has 1 fully saturated rings. The van der Waals surface area contributed by atoms with Crippen LogP contribution in [0.15, 0.2) is 94.6 Å². The van der Waals surface area contributed by atoms with E-state index in [4.69, 9.17) is 45.1 Å². The van der Waals surface area contributed by atoms with E-state index in [1.165, 1.54) is 10.8 Å². The Morgan fingerprint density at radius 2 is 1.58 bits per heavy atom. The number of nitrogens with zero attached hydrogens (tertiary/aromatic N) is 2. The first kappa shape index (κ1) is 35.6. The Balaban J connectivity index is 1.57. The molecule has 1 aromatic heterocycles. The number of benzene rings is 3. The molecule has 1 aliphatic heterocycles. The second kappa shape index (κ2) is 15.7. The minimum atomic E-state index is -3.14. The lowest BCUT2D eigenvalue weighted by molar-refractivity contribution is -0.0915. The zero-order chi connectivity index (χ0) is 34.3. The standard InChI is InChI=1S/C34H36N3O8PS2/c1-23-21-37(33(39)36-32(23)38)31-20-29(45-46(47,48)43-19-7-18-35)30(44-31)22-42-34(24-8-5-4-6-9-24,25-10-14-27(40-2)15-11-25)26-12-16-28(41-3)17-13-26/h4-6,8-17,21,29-31H,7,19-20,22H2,1-3H3,(H,47,48)(H,36,38,39)/t29-,30+,31+/m0/s1. The van der Waals surface area contributed by atoms with E-state index in [1.54, 1.807) is 21.1 Å². The molecule has 14 heteroatoms. The van der Waals surface area contributed by atoms with Crippen LogP contribution in [0, 0.1) is 18.3 Å². The predicted octanol–water partition coefficient (Wildman–Crippen LogP) is 5.63. The van der Waals surface area contributed by atoms with Gasteiger partial charge in [0.15, 0.2) is 0 Å². The van der Waals surface area contributed by atoms with Gasteiger partial charge in [-0.1, -0.05) is 66.8 Å². The van der Waals surface area contributed by atoms with E-state index in [1.807, 2.05) is 84.9 Å². The third kappa shape index (κ3) is 7.93. The predicted molar refractivity (Wildman–Crippen MR) is 187 cm³/mol. The molecule has 5 rings (SSSR count). The van der Waals surface area contributed by atoms with E-state index in [2.05, 4.69) is 17.2 Å². The molecule has 252 valence electrons. The number of ether oxygens (including phenoxy) is 4. The van der Waals surface area contributed by atoms with Crippen molar-refractivity contribution in [2.24, 2.45) is 0 Å². The first-order valence-electron chi connectivity index (χ1n) is 15.1. The van der Waals surface area contributed by atoms with Crippen LogP contribution in [0.2, 0.25) is 0 Å². The lowest BCUT2D eigenvalue weighted by Gasteiger charge is -2.37. The Morgan fingerprint density at radius 1 is 1.00 bits per heavy atom. The average molecular weight is 710 g/mol. The molecule has 11 nitrogen and oxygen atoms in total. The molecule has 0 aliphatic carbocycles. The largest absolute Gasteiger partial charge is 0.497 e. The quantitative estimate of drug-likeness (QED) is 0.0735. The molecule has 1 unspecified atom stereocenters. The molecule has 1 saturated heterocycles. The van der Waals surface area contributed by atoms with E-state index in [0.717, 1.165) is 16.7 Å². The summed E-state index contributed by atoms with van der Waals surface area (Å²) >= 11 is 10.1. The van der Waals surface area contributed by atoms with Gasteiger partial charge in [0.1, 0.15) is 29.4 Å². The fraction of sp³-hybridized carbons (Fsp3) is 0.324. The van der Waals surface area contributed by atoms with Crippen LogP contribution in [0.3, 0.4) is 0 Å². The fourth-order valence-electron chi connectivity index (χ4n) is 5.62. The van der Waals surface area contributed by atoms with Gasteiger partial charge in [-0.25, -0.2) is 4.79 Å². The molecule has 0 saturated carbocycles. The third-order valence-electron chi connectivity index (χ3n) is 8.01. The highest BCUT2D eigenvalue weighted by Gasteiger charge is 2.44. The molecule has 0 radical (unpaired) electrons. The van der Waals surface area contributed by atoms with E-state index in [9.17, 15) is 9.59 Å². The zero-order valence-electron chi connectivity index (χ0n) is 26.6. The molecular formula is C34H36N3O8PS2. The molecule has 1 N–H and O–H groups in total. The maximum atomic E-state index is 12.9. The van der Waals surface area contributed by atoms with Gasteiger partial charge < -0.3 is 28.0 Å². The number of methoxy groups -OCH3 is 2. The summed E-state index contributed by atoms with van der Waals surface area (Å²) in [6.07, 6.45) is -0.545. The smallest absolute Gasteiger partial charge is 0.330 e. The van der Waals surface area contributed by atoms with Crippen LogP contribution in [-0.4, -0.2) is 49.2 Å². The minimum Gasteiger partial charge on any atom is -0.497 e. The monoisotopic (exact) mass is 709 g/mol. The number of rotatable bonds is 14. The fourth-order valence-corrected chi connectivity index (χ4v) is 7.73. The van der Waals surface area contributed by atoms with Crippen molar-refractivity contribution in [2.75, 3.05) is 27.4 Å². The molecule has 0 spiro atoms. The molecule has 4 aromatic rings. The van der Waals surface area contributed by atoms with Crippen LogP contribution in [0.4, 0.5) is 0 Å². The summed E-state index contributed by atoms with van der Waals surface area (Å²) < 4.78 is 37.7. The van der Waals surface area contributed by atoms with Gasteiger partial charge in [-0.2, -0.15) is 5.26 Å². The van der Waals surface area contributed by atoms with Gasteiger partial charge in [-0.05, 0) is 59.7 Å². The van der Waals surface area contributed by atoms with Crippen molar-refractivity contribution in [3.05, 3.63) is 128 Å². The molecule has 0 bridgehead atoms. The van der Waals surface area contributed by atoms with E-state index >= 15 is 0 Å². The topological polar surface area (TPSA) is 134 Å². The van der Waals surface area contributed by atoms with Crippen molar-refractivity contribution in [3.63, 3.8) is 0 Å². The number of aryl methyl sites for hydroxylation is 1.